The first kappa shape index (κ1) is 23.9. The molecular formula is C22H28N6O5. The zero-order chi connectivity index (χ0) is 24.2. The third-order valence-electron chi connectivity index (χ3n) is 4.52. The molecule has 3 heterocycles. The van der Waals surface area contributed by atoms with Crippen LogP contribution in [0.4, 0.5) is 22.1 Å². The van der Waals surface area contributed by atoms with Gasteiger partial charge in [-0.2, -0.15) is 9.61 Å². The summed E-state index contributed by atoms with van der Waals surface area (Å²) in [6.45, 7) is 5.61. The van der Waals surface area contributed by atoms with Crippen LogP contribution in [0.2, 0.25) is 0 Å². The molecule has 0 radical (unpaired) electrons. The first-order chi connectivity index (χ1) is 15.6. The van der Waals surface area contributed by atoms with Gasteiger partial charge in [0.2, 0.25) is 5.88 Å². The number of aromatic nitrogens is 4. The number of anilines is 3. The molecule has 0 bridgehead atoms. The van der Waals surface area contributed by atoms with Gasteiger partial charge in [0.25, 0.3) is 0 Å². The highest BCUT2D eigenvalue weighted by Gasteiger charge is 2.25. The molecule has 3 aromatic heterocycles. The van der Waals surface area contributed by atoms with E-state index in [2.05, 4.69) is 20.4 Å². The maximum Gasteiger partial charge on any atom is 0.415 e. The number of hydrogen-bond acceptors (Lipinski definition) is 9. The average molecular weight is 457 g/mol. The van der Waals surface area contributed by atoms with E-state index in [1.807, 2.05) is 0 Å². The molecule has 3 rings (SSSR count). The van der Waals surface area contributed by atoms with Crippen LogP contribution < -0.4 is 15.0 Å². The Morgan fingerprint density at radius 1 is 1.24 bits per heavy atom. The second kappa shape index (κ2) is 9.82. The van der Waals surface area contributed by atoms with Gasteiger partial charge in [-0.15, -0.1) is 0 Å². The number of ketones is 1. The zero-order valence-corrected chi connectivity index (χ0v) is 19.6. The highest BCUT2D eigenvalue weighted by atomic mass is 16.6. The van der Waals surface area contributed by atoms with E-state index >= 15 is 0 Å². The Labute approximate surface area is 191 Å². The van der Waals surface area contributed by atoms with Crippen molar-refractivity contribution in [3.8, 4) is 5.88 Å². The molecule has 11 nitrogen and oxygen atoms in total. The number of carbonyl (C=O) groups excluding carboxylic acids is 2. The molecule has 0 aliphatic rings. The van der Waals surface area contributed by atoms with E-state index in [0.717, 1.165) is 0 Å². The van der Waals surface area contributed by atoms with Gasteiger partial charge in [-0.3, -0.25) is 9.69 Å². The fourth-order valence-corrected chi connectivity index (χ4v) is 2.99. The van der Waals surface area contributed by atoms with Gasteiger partial charge in [-0.05, 0) is 32.9 Å². The van der Waals surface area contributed by atoms with Crippen molar-refractivity contribution >= 4 is 34.8 Å². The lowest BCUT2D eigenvalue weighted by atomic mass is 10.2. The first-order valence-electron chi connectivity index (χ1n) is 10.3. The Kier molecular flexibility index (Phi) is 7.12. The summed E-state index contributed by atoms with van der Waals surface area (Å²) < 4.78 is 17.2. The van der Waals surface area contributed by atoms with Crippen molar-refractivity contribution in [3.63, 3.8) is 0 Å². The lowest BCUT2D eigenvalue weighted by Gasteiger charge is -2.25. The van der Waals surface area contributed by atoms with Crippen molar-refractivity contribution in [2.45, 2.75) is 32.8 Å². The Balaban J connectivity index is 2.10. The lowest BCUT2D eigenvalue weighted by molar-refractivity contribution is 0.0587. The van der Waals surface area contributed by atoms with Crippen molar-refractivity contribution in [1.29, 1.82) is 0 Å². The SMILES string of the molecule is COCCC(=O)c1cnn2c(N(C)C(=O)OC(C)(C)C)cc(Nc3cccnc3OC)nc12. The third-order valence-corrected chi connectivity index (χ3v) is 4.52. The number of nitrogens with one attached hydrogen (secondary N) is 1. The molecule has 0 saturated heterocycles. The van der Waals surface area contributed by atoms with E-state index in [9.17, 15) is 9.59 Å². The number of ether oxygens (including phenoxy) is 3. The van der Waals surface area contributed by atoms with Gasteiger partial charge in [0.15, 0.2) is 11.4 Å². The van der Waals surface area contributed by atoms with Crippen molar-refractivity contribution in [1.82, 2.24) is 19.6 Å². The summed E-state index contributed by atoms with van der Waals surface area (Å²) in [6, 6.07) is 5.14. The van der Waals surface area contributed by atoms with E-state index in [1.54, 1.807) is 52.2 Å². The number of Topliss-reactive ketones (excluding diaryl/α,β-unsaturated/α-hetero) is 1. The van der Waals surface area contributed by atoms with Crippen molar-refractivity contribution in [2.75, 3.05) is 38.1 Å². The molecule has 176 valence electrons. The van der Waals surface area contributed by atoms with Gasteiger partial charge in [0.1, 0.15) is 22.9 Å². The molecule has 0 saturated carbocycles. The van der Waals surface area contributed by atoms with Crippen molar-refractivity contribution in [2.24, 2.45) is 0 Å². The average Bonchev–Trinajstić information content (AvgIpc) is 3.19. The zero-order valence-electron chi connectivity index (χ0n) is 19.6. The van der Waals surface area contributed by atoms with Gasteiger partial charge in [-0.1, -0.05) is 0 Å². The monoisotopic (exact) mass is 456 g/mol. The number of amides is 1. The molecule has 1 N–H and O–H groups in total. The molecule has 11 heteroatoms. The van der Waals surface area contributed by atoms with Crippen molar-refractivity contribution < 1.29 is 23.8 Å². The highest BCUT2D eigenvalue weighted by molar-refractivity contribution is 6.02. The van der Waals surface area contributed by atoms with Gasteiger partial charge in [0.05, 0.1) is 25.5 Å². The van der Waals surface area contributed by atoms with Gasteiger partial charge < -0.3 is 19.5 Å². The van der Waals surface area contributed by atoms with Crippen LogP contribution in [-0.4, -0.2) is 64.9 Å². The van der Waals surface area contributed by atoms with Crippen molar-refractivity contribution in [3.05, 3.63) is 36.2 Å². The van der Waals surface area contributed by atoms with Crippen LogP contribution in [0.15, 0.2) is 30.6 Å². The number of methoxy groups -OCH3 is 2. The number of pyridine rings is 1. The summed E-state index contributed by atoms with van der Waals surface area (Å²) in [6.07, 6.45) is 2.63. The quantitative estimate of drug-likeness (QED) is 0.508. The van der Waals surface area contributed by atoms with E-state index in [-0.39, 0.29) is 24.5 Å². The molecule has 3 aromatic rings. The summed E-state index contributed by atoms with van der Waals surface area (Å²) in [5.41, 5.74) is 0.476. The predicted octanol–water partition coefficient (Wildman–Crippen LogP) is 3.47. The van der Waals surface area contributed by atoms with Crippen LogP contribution in [0.3, 0.4) is 0 Å². The van der Waals surface area contributed by atoms with Gasteiger partial charge in [0, 0.05) is 32.8 Å². The predicted molar refractivity (Wildman–Crippen MR) is 123 cm³/mol. The molecular weight excluding hydrogens is 428 g/mol. The van der Waals surface area contributed by atoms with Crippen LogP contribution >= 0.6 is 0 Å². The van der Waals surface area contributed by atoms with E-state index in [4.69, 9.17) is 14.2 Å². The summed E-state index contributed by atoms with van der Waals surface area (Å²) in [5.74, 6) is 0.901. The van der Waals surface area contributed by atoms with Gasteiger partial charge >= 0.3 is 6.09 Å². The minimum atomic E-state index is -0.687. The summed E-state index contributed by atoms with van der Waals surface area (Å²) in [4.78, 5) is 35.5. The van der Waals surface area contributed by atoms with E-state index in [0.29, 0.717) is 28.8 Å². The molecule has 0 aromatic carbocycles. The molecule has 0 atom stereocenters. The number of rotatable bonds is 8. The number of carbonyl (C=O) groups is 2. The summed E-state index contributed by atoms with van der Waals surface area (Å²) in [5, 5.41) is 7.45. The number of hydrogen-bond donors (Lipinski definition) is 1. The second-order valence-corrected chi connectivity index (χ2v) is 8.18. The molecule has 33 heavy (non-hydrogen) atoms. The largest absolute Gasteiger partial charge is 0.480 e. The summed E-state index contributed by atoms with van der Waals surface area (Å²) in [7, 11) is 4.60. The minimum absolute atomic E-state index is 0.171. The maximum atomic E-state index is 12.8. The van der Waals surface area contributed by atoms with Crippen LogP contribution in [-0.2, 0) is 9.47 Å². The first-order valence-corrected chi connectivity index (χ1v) is 10.3. The van der Waals surface area contributed by atoms with E-state index < -0.39 is 11.7 Å². The minimum Gasteiger partial charge on any atom is -0.480 e. The Morgan fingerprint density at radius 2 is 2.00 bits per heavy atom. The number of fused-ring (bicyclic) bond motifs is 1. The van der Waals surface area contributed by atoms with Gasteiger partial charge in [-0.25, -0.2) is 14.8 Å². The number of nitrogens with zero attached hydrogens (tertiary/aromatic N) is 5. The fraction of sp³-hybridized carbons (Fsp3) is 0.409. The Bertz CT molecular complexity index is 1150. The molecule has 0 unspecified atom stereocenters. The summed E-state index contributed by atoms with van der Waals surface area (Å²) >= 11 is 0. The van der Waals surface area contributed by atoms with Crippen LogP contribution in [0, 0.1) is 0 Å². The molecule has 0 aliphatic heterocycles. The van der Waals surface area contributed by atoms with E-state index in [1.165, 1.54) is 29.8 Å². The Morgan fingerprint density at radius 3 is 2.67 bits per heavy atom. The third kappa shape index (κ3) is 5.55. The standard InChI is InChI=1S/C22H28N6O5/c1-22(2,3)33-21(30)27(4)18-12-17(25-15-8-7-10-23-20(15)32-6)26-19-14(13-24-28(18)19)16(29)9-11-31-5/h7-8,10,12-13H,9,11H2,1-6H3,(H,25,26). The molecule has 0 aliphatic carbocycles. The highest BCUT2D eigenvalue weighted by Crippen LogP contribution is 2.28. The molecule has 0 spiro atoms. The van der Waals surface area contributed by atoms with Crippen LogP contribution in [0.25, 0.3) is 5.65 Å². The van der Waals surface area contributed by atoms with Crippen LogP contribution in [0.1, 0.15) is 37.6 Å². The van der Waals surface area contributed by atoms with Crippen LogP contribution in [0.5, 0.6) is 5.88 Å². The lowest BCUT2D eigenvalue weighted by Crippen LogP contribution is -2.35. The topological polar surface area (TPSA) is 120 Å². The Hall–Kier alpha value is -3.73. The molecule has 1 amide bonds. The normalized spacial score (nSPS) is 11.3. The maximum absolute atomic E-state index is 12.8. The second-order valence-electron chi connectivity index (χ2n) is 8.18. The molecule has 0 fully saturated rings. The smallest absolute Gasteiger partial charge is 0.415 e. The fourth-order valence-electron chi connectivity index (χ4n) is 2.99.